The Hall–Kier alpha value is -2.22. The van der Waals surface area contributed by atoms with E-state index in [0.717, 1.165) is 56.6 Å². The summed E-state index contributed by atoms with van der Waals surface area (Å²) in [5.41, 5.74) is 6.22. The van der Waals surface area contributed by atoms with E-state index >= 15 is 0 Å². The first-order valence-electron chi connectivity index (χ1n) is 8.49. The highest BCUT2D eigenvalue weighted by Gasteiger charge is 2.33. The van der Waals surface area contributed by atoms with Crippen LogP contribution in [-0.2, 0) is 4.74 Å². The van der Waals surface area contributed by atoms with Gasteiger partial charge in [0, 0.05) is 39.8 Å². The monoisotopic (exact) mass is 333 g/mol. The number of nitrogens with one attached hydrogen (secondary N) is 1. The maximum Gasteiger partial charge on any atom is 0.219 e. The number of guanidine groups is 1. The van der Waals surface area contributed by atoms with Crippen LogP contribution in [0, 0.1) is 0 Å². The van der Waals surface area contributed by atoms with Crippen LogP contribution in [0.4, 0.5) is 0 Å². The van der Waals surface area contributed by atoms with Gasteiger partial charge in [-0.3, -0.25) is 0 Å². The standard InChI is InChI=1S/C16H27N7O/c1-4-5-13(24-3)15-20-23-12(11-21(15)2)10-14(19-16(23)17)22-8-6-18-7-9-22/h5,10,12,18H,4,6-9,11H2,1-3H3,(H2,17,19)/b13-5-. The van der Waals surface area contributed by atoms with Crippen molar-refractivity contribution in [1.29, 1.82) is 0 Å². The molecule has 0 aromatic carbocycles. The molecule has 3 heterocycles. The molecule has 3 rings (SSSR count). The lowest BCUT2D eigenvalue weighted by Gasteiger charge is -2.40. The molecule has 3 aliphatic heterocycles. The zero-order valence-corrected chi connectivity index (χ0v) is 14.7. The minimum absolute atomic E-state index is 0.0841. The summed E-state index contributed by atoms with van der Waals surface area (Å²) in [6, 6.07) is 0.0841. The quantitative estimate of drug-likeness (QED) is 0.701. The van der Waals surface area contributed by atoms with E-state index < -0.39 is 0 Å². The number of rotatable bonds is 4. The second-order valence-electron chi connectivity index (χ2n) is 6.13. The number of piperazine rings is 1. The van der Waals surface area contributed by atoms with E-state index in [4.69, 9.17) is 10.5 Å². The fraction of sp³-hybridized carbons (Fsp3) is 0.625. The molecule has 0 radical (unpaired) electrons. The van der Waals surface area contributed by atoms with Crippen LogP contribution in [-0.4, -0.2) is 79.5 Å². The molecule has 0 spiro atoms. The first kappa shape index (κ1) is 16.6. The van der Waals surface area contributed by atoms with Crippen molar-refractivity contribution in [2.24, 2.45) is 15.8 Å². The van der Waals surface area contributed by atoms with Gasteiger partial charge >= 0.3 is 0 Å². The van der Waals surface area contributed by atoms with Gasteiger partial charge in [-0.2, -0.15) is 4.99 Å². The maximum absolute atomic E-state index is 6.22. The lowest BCUT2D eigenvalue weighted by atomic mass is 10.2. The Morgan fingerprint density at radius 3 is 2.88 bits per heavy atom. The molecule has 1 fully saturated rings. The van der Waals surface area contributed by atoms with Crippen molar-refractivity contribution >= 4 is 11.8 Å². The Bertz CT molecular complexity index is 589. The number of hydrogen-bond acceptors (Lipinski definition) is 8. The number of fused-ring (bicyclic) bond motifs is 1. The van der Waals surface area contributed by atoms with Gasteiger partial charge in [0.1, 0.15) is 5.82 Å². The minimum Gasteiger partial charge on any atom is -0.493 e. The van der Waals surface area contributed by atoms with Crippen molar-refractivity contribution < 1.29 is 4.74 Å². The molecule has 0 aromatic rings. The minimum atomic E-state index is 0.0841. The Morgan fingerprint density at radius 2 is 2.21 bits per heavy atom. The summed E-state index contributed by atoms with van der Waals surface area (Å²) < 4.78 is 5.48. The molecule has 0 aromatic heterocycles. The Morgan fingerprint density at radius 1 is 1.46 bits per heavy atom. The Kier molecular flexibility index (Phi) is 4.94. The molecule has 132 valence electrons. The van der Waals surface area contributed by atoms with Crippen LogP contribution < -0.4 is 11.1 Å². The molecule has 0 amide bonds. The van der Waals surface area contributed by atoms with E-state index in [0.29, 0.717) is 5.96 Å². The van der Waals surface area contributed by atoms with Crippen molar-refractivity contribution in [2.75, 3.05) is 46.9 Å². The molecule has 1 atom stereocenters. The van der Waals surface area contributed by atoms with Crippen LogP contribution in [0.5, 0.6) is 0 Å². The van der Waals surface area contributed by atoms with Gasteiger partial charge in [-0.05, 0) is 18.6 Å². The smallest absolute Gasteiger partial charge is 0.219 e. The molecule has 3 N–H and O–H groups in total. The number of hydrazone groups is 1. The summed E-state index contributed by atoms with van der Waals surface area (Å²) in [5, 5.41) is 9.84. The van der Waals surface area contributed by atoms with Crippen molar-refractivity contribution in [3.8, 4) is 0 Å². The molecule has 24 heavy (non-hydrogen) atoms. The third kappa shape index (κ3) is 3.19. The highest BCUT2D eigenvalue weighted by Crippen LogP contribution is 2.23. The predicted octanol–water partition coefficient (Wildman–Crippen LogP) is -0.0689. The number of nitrogens with two attached hydrogens (primary N) is 1. The molecular weight excluding hydrogens is 306 g/mol. The van der Waals surface area contributed by atoms with E-state index in [9.17, 15) is 0 Å². The van der Waals surface area contributed by atoms with Gasteiger partial charge < -0.3 is 25.6 Å². The van der Waals surface area contributed by atoms with Crippen LogP contribution in [0.25, 0.3) is 0 Å². The molecule has 8 heteroatoms. The van der Waals surface area contributed by atoms with Crippen LogP contribution >= 0.6 is 0 Å². The molecule has 8 nitrogen and oxygen atoms in total. The lowest BCUT2D eigenvalue weighted by molar-refractivity contribution is 0.236. The van der Waals surface area contributed by atoms with Crippen molar-refractivity contribution in [1.82, 2.24) is 20.1 Å². The van der Waals surface area contributed by atoms with Crippen LogP contribution in [0.15, 0.2) is 33.8 Å². The van der Waals surface area contributed by atoms with Crippen LogP contribution in [0.1, 0.15) is 13.3 Å². The number of hydrogen-bond donors (Lipinski definition) is 2. The second kappa shape index (κ2) is 7.12. The number of methoxy groups -OCH3 is 1. The zero-order chi connectivity index (χ0) is 17.1. The van der Waals surface area contributed by atoms with Gasteiger partial charge in [0.05, 0.1) is 13.2 Å². The summed E-state index contributed by atoms with van der Waals surface area (Å²) in [6.07, 6.45) is 5.07. The fourth-order valence-corrected chi connectivity index (χ4v) is 3.18. The number of amidine groups is 1. The largest absolute Gasteiger partial charge is 0.493 e. The van der Waals surface area contributed by atoms with Gasteiger partial charge in [0.25, 0.3) is 0 Å². The molecule has 0 aliphatic carbocycles. The molecule has 1 unspecified atom stereocenters. The first-order valence-corrected chi connectivity index (χ1v) is 8.49. The topological polar surface area (TPSA) is 81.7 Å². The van der Waals surface area contributed by atoms with Gasteiger partial charge in [0.2, 0.25) is 5.96 Å². The van der Waals surface area contributed by atoms with E-state index in [1.807, 2.05) is 13.1 Å². The number of aliphatic imine (C=N–C) groups is 1. The average molecular weight is 333 g/mol. The molecule has 0 saturated carbocycles. The second-order valence-corrected chi connectivity index (χ2v) is 6.13. The highest BCUT2D eigenvalue weighted by molar-refractivity contribution is 5.98. The zero-order valence-electron chi connectivity index (χ0n) is 14.7. The van der Waals surface area contributed by atoms with Crippen molar-refractivity contribution in [3.63, 3.8) is 0 Å². The molecular formula is C16H27N7O. The van der Waals surface area contributed by atoms with Gasteiger partial charge in [-0.15, -0.1) is 5.10 Å². The van der Waals surface area contributed by atoms with E-state index in [1.54, 1.807) is 12.1 Å². The third-order valence-corrected chi connectivity index (χ3v) is 4.42. The third-order valence-electron chi connectivity index (χ3n) is 4.42. The van der Waals surface area contributed by atoms with Crippen LogP contribution in [0.2, 0.25) is 0 Å². The summed E-state index contributed by atoms with van der Waals surface area (Å²) in [6.45, 7) is 6.71. The normalized spacial score (nSPS) is 25.0. The van der Waals surface area contributed by atoms with E-state index in [1.165, 1.54) is 0 Å². The Balaban J connectivity index is 1.85. The lowest BCUT2D eigenvalue weighted by Crippen LogP contribution is -2.55. The van der Waals surface area contributed by atoms with Gasteiger partial charge in [0.15, 0.2) is 11.6 Å². The summed E-state index contributed by atoms with van der Waals surface area (Å²) in [4.78, 5) is 8.96. The summed E-state index contributed by atoms with van der Waals surface area (Å²) >= 11 is 0. The predicted molar refractivity (Wildman–Crippen MR) is 95.2 cm³/mol. The molecule has 3 aliphatic rings. The average Bonchev–Trinajstić information content (AvgIpc) is 2.60. The Labute approximate surface area is 143 Å². The number of allylic oxidation sites excluding steroid dienone is 1. The first-order chi connectivity index (χ1) is 11.6. The van der Waals surface area contributed by atoms with E-state index in [-0.39, 0.29) is 6.04 Å². The van der Waals surface area contributed by atoms with E-state index in [2.05, 4.69) is 38.2 Å². The summed E-state index contributed by atoms with van der Waals surface area (Å²) in [7, 11) is 3.69. The highest BCUT2D eigenvalue weighted by atomic mass is 16.5. The van der Waals surface area contributed by atoms with Gasteiger partial charge in [-0.1, -0.05) is 6.92 Å². The molecule has 1 saturated heterocycles. The maximum atomic E-state index is 6.22. The molecule has 0 bridgehead atoms. The fourth-order valence-electron chi connectivity index (χ4n) is 3.18. The number of likely N-dealkylation sites (N-methyl/N-ethyl adjacent to an activating group) is 1. The SMILES string of the molecule is CC/C=C(\OC)C1=NN2C(N)=NC(N3CCNCC3)=CC2CN1C. The summed E-state index contributed by atoms with van der Waals surface area (Å²) in [5.74, 6) is 2.95. The van der Waals surface area contributed by atoms with Crippen LogP contribution in [0.3, 0.4) is 0 Å². The number of nitrogens with zero attached hydrogens (tertiary/aromatic N) is 5. The van der Waals surface area contributed by atoms with Crippen molar-refractivity contribution in [2.45, 2.75) is 19.4 Å². The van der Waals surface area contributed by atoms with Gasteiger partial charge in [-0.25, -0.2) is 5.01 Å². The van der Waals surface area contributed by atoms with Crippen molar-refractivity contribution in [3.05, 3.63) is 23.7 Å². The number of ether oxygens (including phenoxy) is 1.